The van der Waals surface area contributed by atoms with Crippen LogP contribution in [0.15, 0.2) is 15.5 Å². The monoisotopic (exact) mass is 300 g/mol. The van der Waals surface area contributed by atoms with Gasteiger partial charge in [-0.3, -0.25) is 4.79 Å². The number of hydrogen-bond donors (Lipinski definition) is 1. The Balaban J connectivity index is 2.13. The SMILES string of the molecule is CN(C)CCn1ncc(NC2CC2)c(Br)c1=O. The second-order valence-corrected chi connectivity index (χ2v) is 5.42. The minimum absolute atomic E-state index is 0.0718. The lowest BCUT2D eigenvalue weighted by Crippen LogP contribution is -2.29. The van der Waals surface area contributed by atoms with Gasteiger partial charge in [0.1, 0.15) is 4.47 Å². The van der Waals surface area contributed by atoms with Crippen LogP contribution in [-0.4, -0.2) is 41.4 Å². The number of halogens is 1. The summed E-state index contributed by atoms with van der Waals surface area (Å²) in [6, 6.07) is 0.519. The molecule has 1 saturated carbocycles. The molecular weight excluding hydrogens is 284 g/mol. The first kappa shape index (κ1) is 12.6. The molecule has 5 nitrogen and oxygen atoms in total. The molecule has 0 aromatic carbocycles. The van der Waals surface area contributed by atoms with Gasteiger partial charge in [-0.05, 0) is 42.9 Å². The highest BCUT2D eigenvalue weighted by atomic mass is 79.9. The third-order valence-corrected chi connectivity index (χ3v) is 3.45. The highest BCUT2D eigenvalue weighted by Crippen LogP contribution is 2.26. The van der Waals surface area contributed by atoms with Crippen LogP contribution in [0.25, 0.3) is 0 Å². The Morgan fingerprint density at radius 2 is 2.29 bits per heavy atom. The van der Waals surface area contributed by atoms with E-state index in [9.17, 15) is 4.79 Å². The summed E-state index contributed by atoms with van der Waals surface area (Å²) in [5.74, 6) is 0. The van der Waals surface area contributed by atoms with Gasteiger partial charge in [0.15, 0.2) is 0 Å². The van der Waals surface area contributed by atoms with E-state index in [1.807, 2.05) is 19.0 Å². The Morgan fingerprint density at radius 3 is 2.88 bits per heavy atom. The van der Waals surface area contributed by atoms with Gasteiger partial charge in [-0.2, -0.15) is 5.10 Å². The molecule has 0 unspecified atom stereocenters. The summed E-state index contributed by atoms with van der Waals surface area (Å²) in [5.41, 5.74) is 0.733. The molecule has 0 bridgehead atoms. The van der Waals surface area contributed by atoms with Crippen LogP contribution in [-0.2, 0) is 6.54 Å². The van der Waals surface area contributed by atoms with E-state index in [0.29, 0.717) is 17.1 Å². The summed E-state index contributed by atoms with van der Waals surface area (Å²) < 4.78 is 2.07. The minimum Gasteiger partial charge on any atom is -0.380 e. The van der Waals surface area contributed by atoms with Crippen LogP contribution in [0.2, 0.25) is 0 Å². The van der Waals surface area contributed by atoms with Crippen molar-refractivity contribution < 1.29 is 0 Å². The van der Waals surface area contributed by atoms with Crippen LogP contribution in [0.3, 0.4) is 0 Å². The number of rotatable bonds is 5. The Hall–Kier alpha value is -0.880. The summed E-state index contributed by atoms with van der Waals surface area (Å²) in [5, 5.41) is 7.46. The van der Waals surface area contributed by atoms with E-state index in [1.165, 1.54) is 17.5 Å². The standard InChI is InChI=1S/C11H17BrN4O/c1-15(2)5-6-16-11(17)10(12)9(7-13-16)14-8-3-4-8/h7-8,14H,3-6H2,1-2H3. The molecule has 6 heteroatoms. The smallest absolute Gasteiger partial charge is 0.283 e. The maximum absolute atomic E-state index is 12.0. The quantitative estimate of drug-likeness (QED) is 0.886. The molecule has 94 valence electrons. The second kappa shape index (κ2) is 5.18. The molecule has 1 N–H and O–H groups in total. The number of nitrogens with one attached hydrogen (secondary N) is 1. The molecule has 1 aromatic rings. The van der Waals surface area contributed by atoms with E-state index in [2.05, 4.69) is 26.3 Å². The zero-order chi connectivity index (χ0) is 12.4. The summed E-state index contributed by atoms with van der Waals surface area (Å²) in [6.07, 6.45) is 4.08. The lowest BCUT2D eigenvalue weighted by atomic mass is 10.4. The molecule has 0 saturated heterocycles. The fourth-order valence-corrected chi connectivity index (χ4v) is 1.89. The van der Waals surface area contributed by atoms with E-state index in [0.717, 1.165) is 12.2 Å². The largest absolute Gasteiger partial charge is 0.380 e. The van der Waals surface area contributed by atoms with Crippen molar-refractivity contribution in [3.63, 3.8) is 0 Å². The van der Waals surface area contributed by atoms with Crippen molar-refractivity contribution in [2.75, 3.05) is 26.0 Å². The number of anilines is 1. The van der Waals surface area contributed by atoms with E-state index in [1.54, 1.807) is 6.20 Å². The highest BCUT2D eigenvalue weighted by molar-refractivity contribution is 9.10. The lowest BCUT2D eigenvalue weighted by molar-refractivity contribution is 0.367. The van der Waals surface area contributed by atoms with Crippen molar-refractivity contribution in [1.82, 2.24) is 14.7 Å². The highest BCUT2D eigenvalue weighted by Gasteiger charge is 2.22. The fourth-order valence-electron chi connectivity index (χ4n) is 1.47. The minimum atomic E-state index is -0.0718. The van der Waals surface area contributed by atoms with Crippen molar-refractivity contribution in [1.29, 1.82) is 0 Å². The summed E-state index contributed by atoms with van der Waals surface area (Å²) in [7, 11) is 3.95. The van der Waals surface area contributed by atoms with E-state index in [-0.39, 0.29) is 5.56 Å². The molecule has 2 rings (SSSR count). The van der Waals surface area contributed by atoms with Crippen LogP contribution in [0.5, 0.6) is 0 Å². The van der Waals surface area contributed by atoms with Gasteiger partial charge >= 0.3 is 0 Å². The van der Waals surface area contributed by atoms with E-state index in [4.69, 9.17) is 0 Å². The van der Waals surface area contributed by atoms with Crippen LogP contribution in [0.1, 0.15) is 12.8 Å². The van der Waals surface area contributed by atoms with Crippen molar-refractivity contribution in [3.8, 4) is 0 Å². The predicted octanol–water partition coefficient (Wildman–Crippen LogP) is 1.14. The van der Waals surface area contributed by atoms with Crippen LogP contribution in [0, 0.1) is 0 Å². The number of hydrogen-bond acceptors (Lipinski definition) is 4. The zero-order valence-electron chi connectivity index (χ0n) is 10.1. The average Bonchev–Trinajstić information content (AvgIpc) is 3.07. The van der Waals surface area contributed by atoms with Crippen molar-refractivity contribution in [2.45, 2.75) is 25.4 Å². The van der Waals surface area contributed by atoms with E-state index < -0.39 is 0 Å². The first-order valence-corrected chi connectivity index (χ1v) is 6.54. The van der Waals surface area contributed by atoms with Gasteiger partial charge in [-0.15, -0.1) is 0 Å². The van der Waals surface area contributed by atoms with Crippen LogP contribution in [0.4, 0.5) is 5.69 Å². The van der Waals surface area contributed by atoms with Crippen molar-refractivity contribution in [3.05, 3.63) is 21.0 Å². The van der Waals surface area contributed by atoms with Gasteiger partial charge in [0.05, 0.1) is 18.4 Å². The summed E-state index contributed by atoms with van der Waals surface area (Å²) >= 11 is 3.34. The fraction of sp³-hybridized carbons (Fsp3) is 0.636. The number of nitrogens with zero attached hydrogens (tertiary/aromatic N) is 3. The Labute approximate surface area is 109 Å². The molecule has 0 atom stereocenters. The Morgan fingerprint density at radius 1 is 1.59 bits per heavy atom. The van der Waals surface area contributed by atoms with Crippen molar-refractivity contribution >= 4 is 21.6 Å². The first-order chi connectivity index (χ1) is 8.08. The van der Waals surface area contributed by atoms with Gasteiger partial charge in [-0.1, -0.05) is 0 Å². The molecule has 0 radical (unpaired) electrons. The molecule has 1 aromatic heterocycles. The van der Waals surface area contributed by atoms with Crippen molar-refractivity contribution in [2.24, 2.45) is 0 Å². The van der Waals surface area contributed by atoms with Gasteiger partial charge in [0.2, 0.25) is 0 Å². The number of aromatic nitrogens is 2. The predicted molar refractivity (Wildman–Crippen MR) is 71.4 cm³/mol. The maximum Gasteiger partial charge on any atom is 0.283 e. The van der Waals surface area contributed by atoms with Gasteiger partial charge in [0, 0.05) is 12.6 Å². The normalized spacial score (nSPS) is 15.3. The Bertz CT molecular complexity index is 453. The van der Waals surface area contributed by atoms with Gasteiger partial charge in [0.25, 0.3) is 5.56 Å². The molecule has 17 heavy (non-hydrogen) atoms. The topological polar surface area (TPSA) is 50.2 Å². The molecule has 1 heterocycles. The zero-order valence-corrected chi connectivity index (χ0v) is 11.7. The lowest BCUT2D eigenvalue weighted by Gasteiger charge is -2.12. The van der Waals surface area contributed by atoms with E-state index >= 15 is 0 Å². The molecule has 1 aliphatic rings. The molecule has 0 amide bonds. The Kier molecular flexibility index (Phi) is 3.83. The summed E-state index contributed by atoms with van der Waals surface area (Å²) in [4.78, 5) is 14.0. The average molecular weight is 301 g/mol. The maximum atomic E-state index is 12.0. The van der Waals surface area contributed by atoms with Gasteiger partial charge in [-0.25, -0.2) is 4.68 Å². The first-order valence-electron chi connectivity index (χ1n) is 5.75. The van der Waals surface area contributed by atoms with Crippen LogP contribution < -0.4 is 10.9 Å². The molecule has 1 fully saturated rings. The van der Waals surface area contributed by atoms with Gasteiger partial charge < -0.3 is 10.2 Å². The molecule has 1 aliphatic carbocycles. The van der Waals surface area contributed by atoms with Crippen LogP contribution >= 0.6 is 15.9 Å². The molecule has 0 aliphatic heterocycles. The number of likely N-dealkylation sites (N-methyl/N-ethyl adjacent to an activating group) is 1. The molecule has 0 spiro atoms. The second-order valence-electron chi connectivity index (χ2n) is 4.62. The third-order valence-electron chi connectivity index (χ3n) is 2.68. The molecular formula is C11H17BrN4O. The third kappa shape index (κ3) is 3.29. The summed E-state index contributed by atoms with van der Waals surface area (Å²) in [6.45, 7) is 1.41.